The average Bonchev–Trinajstić information content (AvgIpc) is 3.15. The van der Waals surface area contributed by atoms with Crippen LogP contribution in [0.4, 0.5) is 0 Å². The Labute approximate surface area is 183 Å². The van der Waals surface area contributed by atoms with E-state index in [1.165, 1.54) is 24.8 Å². The van der Waals surface area contributed by atoms with Crippen LogP contribution in [-0.2, 0) is 27.9 Å². The van der Waals surface area contributed by atoms with Gasteiger partial charge in [-0.25, -0.2) is 14.4 Å². The Morgan fingerprint density at radius 3 is 2.72 bits per heavy atom. The number of aryl methyl sites for hydroxylation is 1. The van der Waals surface area contributed by atoms with Gasteiger partial charge in [-0.1, -0.05) is 19.0 Å². The third kappa shape index (κ3) is 6.06. The number of azide groups is 1. The summed E-state index contributed by atoms with van der Waals surface area (Å²) in [5.74, 6) is -0.925. The van der Waals surface area contributed by atoms with Crippen molar-refractivity contribution in [1.29, 1.82) is 0 Å². The zero-order valence-electron chi connectivity index (χ0n) is 18.4. The lowest BCUT2D eigenvalue weighted by atomic mass is 10.1. The molecule has 0 spiro atoms. The zero-order chi connectivity index (χ0) is 24.1. The monoisotopic (exact) mass is 474 g/mol. The minimum absolute atomic E-state index is 0.116. The van der Waals surface area contributed by atoms with Crippen molar-refractivity contribution in [2.24, 2.45) is 11.0 Å². The van der Waals surface area contributed by atoms with Gasteiger partial charge in [0.15, 0.2) is 0 Å². The molecule has 1 unspecified atom stereocenters. The van der Waals surface area contributed by atoms with Crippen molar-refractivity contribution >= 4 is 13.7 Å². The fourth-order valence-electron chi connectivity index (χ4n) is 3.11. The van der Waals surface area contributed by atoms with Crippen molar-refractivity contribution in [3.05, 3.63) is 43.0 Å². The first-order chi connectivity index (χ1) is 15.0. The van der Waals surface area contributed by atoms with Gasteiger partial charge in [0.1, 0.15) is 12.3 Å². The number of aromatic amines is 1. The number of H-pyrrole nitrogens is 1. The fourth-order valence-corrected chi connectivity index (χ4v) is 4.48. The molecule has 0 aromatic carbocycles. The minimum Gasteiger partial charge on any atom is -0.468 e. The highest BCUT2D eigenvalue weighted by Crippen LogP contribution is 2.45. The molecule has 178 valence electrons. The smallest absolute Gasteiger partial charge is 0.406 e. The number of ether oxygens (including phenoxy) is 2. The van der Waals surface area contributed by atoms with Crippen LogP contribution in [0.1, 0.15) is 32.1 Å². The highest BCUT2D eigenvalue weighted by molar-refractivity contribution is 7.51. The molecule has 2 N–H and O–H groups in total. The van der Waals surface area contributed by atoms with E-state index in [2.05, 4.69) is 20.1 Å². The van der Waals surface area contributed by atoms with Crippen molar-refractivity contribution in [3.8, 4) is 0 Å². The summed E-state index contributed by atoms with van der Waals surface area (Å²) in [7, 11) is -1.62. The number of methoxy groups -OCH3 is 1. The van der Waals surface area contributed by atoms with E-state index in [0.29, 0.717) is 5.56 Å². The first-order valence-corrected chi connectivity index (χ1v) is 11.3. The topological polar surface area (TPSA) is 187 Å². The lowest BCUT2D eigenvalue weighted by Crippen LogP contribution is -2.41. The Morgan fingerprint density at radius 1 is 1.47 bits per heavy atom. The number of nitrogens with one attached hydrogen (secondary N) is 2. The van der Waals surface area contributed by atoms with E-state index in [-0.39, 0.29) is 18.9 Å². The largest absolute Gasteiger partial charge is 0.468 e. The van der Waals surface area contributed by atoms with Crippen LogP contribution in [-0.4, -0.2) is 54.5 Å². The molecule has 2 rings (SSSR count). The van der Waals surface area contributed by atoms with Crippen molar-refractivity contribution < 1.29 is 27.9 Å². The van der Waals surface area contributed by atoms with Gasteiger partial charge in [-0.3, -0.25) is 23.7 Å². The lowest BCUT2D eigenvalue weighted by molar-refractivity contribution is -0.143. The first-order valence-electron chi connectivity index (χ1n) is 9.72. The van der Waals surface area contributed by atoms with E-state index in [9.17, 15) is 18.9 Å². The zero-order valence-corrected chi connectivity index (χ0v) is 19.3. The first kappa shape index (κ1) is 25.8. The summed E-state index contributed by atoms with van der Waals surface area (Å²) in [4.78, 5) is 40.7. The second-order valence-electron chi connectivity index (χ2n) is 7.47. The molecule has 5 atom stereocenters. The summed E-state index contributed by atoms with van der Waals surface area (Å²) in [5, 5.41) is 6.22. The van der Waals surface area contributed by atoms with E-state index in [1.54, 1.807) is 13.8 Å². The molecule has 1 saturated heterocycles. The molecule has 0 amide bonds. The Kier molecular flexibility index (Phi) is 8.79. The predicted molar refractivity (Wildman–Crippen MR) is 112 cm³/mol. The Morgan fingerprint density at radius 2 is 2.16 bits per heavy atom. The molecule has 1 fully saturated rings. The van der Waals surface area contributed by atoms with E-state index in [1.807, 2.05) is 0 Å². The number of carbonyl (C=O) groups excluding carboxylic acids is 1. The van der Waals surface area contributed by atoms with E-state index in [4.69, 9.17) is 24.1 Å². The van der Waals surface area contributed by atoms with Crippen LogP contribution in [0.15, 0.2) is 20.9 Å². The van der Waals surface area contributed by atoms with Crippen LogP contribution >= 0.6 is 7.75 Å². The highest BCUT2D eigenvalue weighted by Gasteiger charge is 2.40. The molecule has 1 aliphatic heterocycles. The molecule has 1 aromatic rings. The van der Waals surface area contributed by atoms with Crippen molar-refractivity contribution in [2.45, 2.75) is 51.6 Å². The summed E-state index contributed by atoms with van der Waals surface area (Å²) in [6, 6.07) is -1.71. The molecule has 14 nitrogen and oxygen atoms in total. The molecule has 1 aromatic heterocycles. The van der Waals surface area contributed by atoms with Crippen LogP contribution < -0.4 is 16.3 Å². The van der Waals surface area contributed by atoms with Crippen molar-refractivity contribution in [3.63, 3.8) is 0 Å². The molecule has 1 aliphatic rings. The second kappa shape index (κ2) is 10.9. The van der Waals surface area contributed by atoms with Gasteiger partial charge in [-0.2, -0.15) is 0 Å². The second-order valence-corrected chi connectivity index (χ2v) is 9.34. The average molecular weight is 474 g/mol. The van der Waals surface area contributed by atoms with Gasteiger partial charge in [-0.05, 0) is 18.4 Å². The number of esters is 1. The number of hydrogen-bond acceptors (Lipinski definition) is 9. The third-order valence-corrected chi connectivity index (χ3v) is 6.49. The molecule has 2 heterocycles. The quantitative estimate of drug-likeness (QED) is 0.166. The third-order valence-electron chi connectivity index (χ3n) is 4.93. The van der Waals surface area contributed by atoms with E-state index < -0.39 is 49.4 Å². The molecule has 15 heteroatoms. The summed E-state index contributed by atoms with van der Waals surface area (Å²) < 4.78 is 35.1. The molecule has 0 bridgehead atoms. The Bertz CT molecular complexity index is 1030. The van der Waals surface area contributed by atoms with Crippen LogP contribution in [0.5, 0.6) is 0 Å². The van der Waals surface area contributed by atoms with Gasteiger partial charge in [0, 0.05) is 30.2 Å². The number of hydrogen-bond donors (Lipinski definition) is 2. The van der Waals surface area contributed by atoms with Gasteiger partial charge in [-0.15, -0.1) is 0 Å². The summed E-state index contributed by atoms with van der Waals surface area (Å²) in [6.45, 7) is 4.64. The highest BCUT2D eigenvalue weighted by atomic mass is 31.2. The maximum absolute atomic E-state index is 13.0. The standard InChI is InChI=1S/C17H27N6O8P/c1-9(2)14(16(25)28-4)21-32(27,29-5)30-8-12-11(20-22-18)6-13(31-12)23-7-10(3)15(24)19-17(23)26/h7,9,11-14H,6,8H2,1-5H3,(H,21,27)(H,19,24,26)/t11-,12+,13+,14-,32?/m0/s1. The SMILES string of the molecule is COC(=O)[C@@H](NP(=O)(OC)OC[C@H]1O[C@@H](n2cc(C)c(=O)[nH]c2=O)C[C@@H]1N=[N+]=[N-])C(C)C. The van der Waals surface area contributed by atoms with Gasteiger partial charge < -0.3 is 14.0 Å². The molecule has 0 radical (unpaired) electrons. The van der Waals surface area contributed by atoms with Crippen LogP contribution in [0.3, 0.4) is 0 Å². The minimum atomic E-state index is -3.97. The van der Waals surface area contributed by atoms with Crippen LogP contribution in [0, 0.1) is 12.8 Å². The van der Waals surface area contributed by atoms with Gasteiger partial charge in [0.25, 0.3) is 5.56 Å². The maximum atomic E-state index is 13.0. The molecule has 0 aliphatic carbocycles. The van der Waals surface area contributed by atoms with E-state index >= 15 is 0 Å². The molecule has 32 heavy (non-hydrogen) atoms. The Balaban J connectivity index is 2.19. The fraction of sp³-hybridized carbons (Fsp3) is 0.706. The molecule has 0 saturated carbocycles. The molecular weight excluding hydrogens is 447 g/mol. The Hall–Kier alpha value is -2.47. The molecular formula is C17H27N6O8P. The predicted octanol–water partition coefficient (Wildman–Crippen LogP) is 1.37. The maximum Gasteiger partial charge on any atom is 0.406 e. The number of aromatic nitrogens is 2. The summed E-state index contributed by atoms with van der Waals surface area (Å²) in [6.07, 6.45) is -0.273. The number of carbonyl (C=O) groups is 1. The lowest BCUT2D eigenvalue weighted by Gasteiger charge is -2.26. The summed E-state index contributed by atoms with van der Waals surface area (Å²) in [5.41, 5.74) is 7.97. The number of rotatable bonds is 10. The van der Waals surface area contributed by atoms with Gasteiger partial charge in [0.05, 0.1) is 25.9 Å². The number of nitrogens with zero attached hydrogens (tertiary/aromatic N) is 4. The van der Waals surface area contributed by atoms with Crippen molar-refractivity contribution in [1.82, 2.24) is 14.6 Å². The van der Waals surface area contributed by atoms with Crippen molar-refractivity contribution in [2.75, 3.05) is 20.8 Å². The normalized spacial score (nSPS) is 23.4. The van der Waals surface area contributed by atoms with Crippen LogP contribution in [0.25, 0.3) is 10.4 Å². The van der Waals surface area contributed by atoms with Gasteiger partial charge >= 0.3 is 19.4 Å². The summed E-state index contributed by atoms with van der Waals surface area (Å²) >= 11 is 0. The van der Waals surface area contributed by atoms with Crippen LogP contribution in [0.2, 0.25) is 0 Å². The van der Waals surface area contributed by atoms with Gasteiger partial charge in [0.2, 0.25) is 0 Å². The van der Waals surface area contributed by atoms with E-state index in [0.717, 1.165) is 7.11 Å².